The van der Waals surface area contributed by atoms with Gasteiger partial charge in [-0.05, 0) is 19.8 Å². The molecular weight excluding hydrogens is 264 g/mol. The van der Waals surface area contributed by atoms with Gasteiger partial charge in [0.1, 0.15) is 0 Å². The zero-order valence-electron chi connectivity index (χ0n) is 13.2. The maximum Gasteiger partial charge on any atom is 0.220 e. The van der Waals surface area contributed by atoms with E-state index in [1.54, 1.807) is 12.1 Å². The van der Waals surface area contributed by atoms with Crippen molar-refractivity contribution in [2.45, 2.75) is 52.0 Å². The molecule has 0 aromatic heterocycles. The third-order valence-corrected chi connectivity index (χ3v) is 4.10. The molecule has 0 unspecified atom stereocenters. The number of nitrogens with one attached hydrogen (secondary N) is 1. The number of carbonyl (C=O) groups excluding carboxylic acids is 2. The van der Waals surface area contributed by atoms with Crippen molar-refractivity contribution in [1.82, 2.24) is 5.32 Å². The minimum atomic E-state index is -0.343. The minimum Gasteiger partial charge on any atom is -0.349 e. The van der Waals surface area contributed by atoms with Crippen LogP contribution in [0.1, 0.15) is 55.5 Å². The van der Waals surface area contributed by atoms with Crippen LogP contribution in [-0.4, -0.2) is 23.8 Å². The van der Waals surface area contributed by atoms with E-state index >= 15 is 0 Å². The Labute approximate surface area is 127 Å². The van der Waals surface area contributed by atoms with Gasteiger partial charge in [0.2, 0.25) is 5.91 Å². The van der Waals surface area contributed by atoms with Gasteiger partial charge in [-0.25, -0.2) is 0 Å². The number of hydrogen-bond acceptors (Lipinski definition) is 3. The van der Waals surface area contributed by atoms with Gasteiger partial charge in [0.25, 0.3) is 0 Å². The van der Waals surface area contributed by atoms with Gasteiger partial charge >= 0.3 is 0 Å². The van der Waals surface area contributed by atoms with E-state index in [0.29, 0.717) is 12.1 Å². The second kappa shape index (κ2) is 7.93. The molecule has 0 heterocycles. The number of benzene rings is 1. The van der Waals surface area contributed by atoms with E-state index in [1.165, 1.54) is 0 Å². The molecule has 4 heteroatoms. The van der Waals surface area contributed by atoms with E-state index in [1.807, 2.05) is 32.9 Å². The summed E-state index contributed by atoms with van der Waals surface area (Å²) in [6.07, 6.45) is 2.01. The van der Waals surface area contributed by atoms with Gasteiger partial charge in [0.15, 0.2) is 5.78 Å². The van der Waals surface area contributed by atoms with Gasteiger partial charge in [-0.3, -0.25) is 9.59 Å². The van der Waals surface area contributed by atoms with E-state index in [9.17, 15) is 9.59 Å². The third-order valence-electron chi connectivity index (χ3n) is 4.10. The molecule has 0 fully saturated rings. The molecule has 4 nitrogen and oxygen atoms in total. The Morgan fingerprint density at radius 2 is 1.67 bits per heavy atom. The number of hydrogen-bond donors (Lipinski definition) is 2. The number of carbonyl (C=O) groups is 2. The van der Waals surface area contributed by atoms with Crippen molar-refractivity contribution in [1.29, 1.82) is 0 Å². The zero-order valence-corrected chi connectivity index (χ0v) is 13.2. The molecule has 0 atom stereocenters. The molecule has 1 aromatic rings. The van der Waals surface area contributed by atoms with E-state index in [2.05, 4.69) is 5.32 Å². The summed E-state index contributed by atoms with van der Waals surface area (Å²) in [5.41, 5.74) is 7.18. The van der Waals surface area contributed by atoms with Crippen LogP contribution in [0.15, 0.2) is 24.3 Å². The summed E-state index contributed by atoms with van der Waals surface area (Å²) >= 11 is 0. The smallest absolute Gasteiger partial charge is 0.220 e. The second-order valence-electron chi connectivity index (χ2n) is 5.53. The van der Waals surface area contributed by atoms with Crippen molar-refractivity contribution >= 4 is 11.7 Å². The lowest BCUT2D eigenvalue weighted by Crippen LogP contribution is -2.52. The summed E-state index contributed by atoms with van der Waals surface area (Å²) in [7, 11) is 0. The van der Waals surface area contributed by atoms with Gasteiger partial charge in [-0.1, -0.05) is 43.7 Å². The summed E-state index contributed by atoms with van der Waals surface area (Å²) in [5, 5.41) is 2.98. The van der Waals surface area contributed by atoms with Gasteiger partial charge in [-0.15, -0.1) is 0 Å². The van der Waals surface area contributed by atoms with Gasteiger partial charge in [0.05, 0.1) is 5.54 Å². The predicted molar refractivity (Wildman–Crippen MR) is 85.3 cm³/mol. The number of ketones is 1. The summed E-state index contributed by atoms with van der Waals surface area (Å²) in [5.74, 6) is -0.110. The molecule has 0 aliphatic heterocycles. The Kier molecular flexibility index (Phi) is 6.56. The standard InChI is InChI=1S/C17H26N2O2/c1-4-17(5-2,12-18)19-16(21)11-10-15(20)14-8-6-13(3)7-9-14/h6-9H,4-5,10-12,18H2,1-3H3,(H,19,21). The van der Waals surface area contributed by atoms with Crippen LogP contribution in [0.4, 0.5) is 0 Å². The fourth-order valence-electron chi connectivity index (χ4n) is 2.24. The Bertz CT molecular complexity index is 468. The van der Waals surface area contributed by atoms with Gasteiger partial charge in [0, 0.05) is 24.9 Å². The predicted octanol–water partition coefficient (Wildman–Crippen LogP) is 2.59. The lowest BCUT2D eigenvalue weighted by molar-refractivity contribution is -0.123. The van der Waals surface area contributed by atoms with Crippen LogP contribution in [-0.2, 0) is 4.79 Å². The first kappa shape index (κ1) is 17.4. The summed E-state index contributed by atoms with van der Waals surface area (Å²) < 4.78 is 0. The van der Waals surface area contributed by atoms with Crippen LogP contribution in [0.2, 0.25) is 0 Å². The molecule has 0 bridgehead atoms. The third kappa shape index (κ3) is 4.97. The van der Waals surface area contributed by atoms with Crippen LogP contribution in [0.25, 0.3) is 0 Å². The van der Waals surface area contributed by atoms with Crippen molar-refractivity contribution in [3.8, 4) is 0 Å². The first-order valence-electron chi connectivity index (χ1n) is 7.57. The molecule has 0 spiro atoms. The number of rotatable bonds is 8. The molecule has 3 N–H and O–H groups in total. The molecule has 1 aromatic carbocycles. The lowest BCUT2D eigenvalue weighted by Gasteiger charge is -2.31. The Balaban J connectivity index is 2.53. The average Bonchev–Trinajstić information content (AvgIpc) is 2.51. The number of aryl methyl sites for hydroxylation is 1. The fraction of sp³-hybridized carbons (Fsp3) is 0.529. The van der Waals surface area contributed by atoms with E-state index < -0.39 is 0 Å². The van der Waals surface area contributed by atoms with Crippen LogP contribution in [0.5, 0.6) is 0 Å². The van der Waals surface area contributed by atoms with Crippen molar-refractivity contribution in [2.75, 3.05) is 6.54 Å². The van der Waals surface area contributed by atoms with Crippen LogP contribution in [0.3, 0.4) is 0 Å². The van der Waals surface area contributed by atoms with Crippen molar-refractivity contribution in [3.05, 3.63) is 35.4 Å². The van der Waals surface area contributed by atoms with Crippen molar-refractivity contribution < 1.29 is 9.59 Å². The summed E-state index contributed by atoms with van der Waals surface area (Å²) in [6, 6.07) is 7.41. The SMILES string of the molecule is CCC(CC)(CN)NC(=O)CCC(=O)c1ccc(C)cc1. The second-order valence-corrected chi connectivity index (χ2v) is 5.53. The van der Waals surface area contributed by atoms with Crippen LogP contribution in [0, 0.1) is 6.92 Å². The highest BCUT2D eigenvalue weighted by atomic mass is 16.2. The molecule has 0 saturated carbocycles. The number of Topliss-reactive ketones (excluding diaryl/α,β-unsaturated/α-hetero) is 1. The molecule has 1 rings (SSSR count). The van der Waals surface area contributed by atoms with Gasteiger partial charge in [-0.2, -0.15) is 0 Å². The summed E-state index contributed by atoms with van der Waals surface area (Å²) in [4.78, 5) is 24.0. The maximum absolute atomic E-state index is 12.0. The molecular formula is C17H26N2O2. The highest BCUT2D eigenvalue weighted by Crippen LogP contribution is 2.14. The normalized spacial score (nSPS) is 11.2. The minimum absolute atomic E-state index is 0.00324. The molecule has 116 valence electrons. The van der Waals surface area contributed by atoms with Crippen LogP contribution < -0.4 is 11.1 Å². The summed E-state index contributed by atoms with van der Waals surface area (Å²) in [6.45, 7) is 6.41. The Morgan fingerprint density at radius 3 is 2.14 bits per heavy atom. The highest BCUT2D eigenvalue weighted by Gasteiger charge is 2.26. The molecule has 21 heavy (non-hydrogen) atoms. The number of amides is 1. The first-order chi connectivity index (χ1) is 9.96. The largest absolute Gasteiger partial charge is 0.349 e. The fourth-order valence-corrected chi connectivity index (χ4v) is 2.24. The monoisotopic (exact) mass is 290 g/mol. The molecule has 0 radical (unpaired) electrons. The van der Waals surface area contributed by atoms with Crippen LogP contribution >= 0.6 is 0 Å². The Hall–Kier alpha value is -1.68. The first-order valence-corrected chi connectivity index (χ1v) is 7.57. The molecule has 0 aliphatic carbocycles. The molecule has 0 saturated heterocycles. The topological polar surface area (TPSA) is 72.2 Å². The van der Waals surface area contributed by atoms with E-state index in [-0.39, 0.29) is 30.1 Å². The maximum atomic E-state index is 12.0. The Morgan fingerprint density at radius 1 is 1.10 bits per heavy atom. The van der Waals surface area contributed by atoms with E-state index in [4.69, 9.17) is 5.73 Å². The zero-order chi connectivity index (χ0) is 15.9. The lowest BCUT2D eigenvalue weighted by atomic mass is 9.92. The van der Waals surface area contributed by atoms with Crippen molar-refractivity contribution in [3.63, 3.8) is 0 Å². The highest BCUT2D eigenvalue weighted by molar-refractivity contribution is 5.98. The number of nitrogens with two attached hydrogens (primary N) is 1. The van der Waals surface area contributed by atoms with Crippen molar-refractivity contribution in [2.24, 2.45) is 5.73 Å². The van der Waals surface area contributed by atoms with Gasteiger partial charge < -0.3 is 11.1 Å². The molecule has 1 amide bonds. The average molecular weight is 290 g/mol. The quantitative estimate of drug-likeness (QED) is 0.723. The molecule has 0 aliphatic rings. The van der Waals surface area contributed by atoms with E-state index in [0.717, 1.165) is 18.4 Å².